The third kappa shape index (κ3) is 38.6. The smallest absolute Gasteiger partial charge is 0.305 e. The van der Waals surface area contributed by atoms with Gasteiger partial charge in [-0.3, -0.25) is 102 Å². The van der Waals surface area contributed by atoms with Gasteiger partial charge in [-0.1, -0.05) is 127 Å². The molecule has 29 N–H and O–H groups in total. The lowest BCUT2D eigenvalue weighted by Crippen LogP contribution is -2.62. The fourth-order valence-corrected chi connectivity index (χ4v) is 16.6. The van der Waals surface area contributed by atoms with Gasteiger partial charge in [-0.05, 0) is 118 Å². The molecule has 0 aromatic heterocycles. The van der Waals surface area contributed by atoms with Gasteiger partial charge in [0.2, 0.25) is 106 Å². The minimum absolute atomic E-state index is 0.00274. The van der Waals surface area contributed by atoms with Crippen LogP contribution in [0.3, 0.4) is 0 Å². The second-order valence-electron chi connectivity index (χ2n) is 35.7. The van der Waals surface area contributed by atoms with Gasteiger partial charge in [-0.2, -0.15) is 0 Å². The third-order valence-corrected chi connectivity index (χ3v) is 24.2. The van der Waals surface area contributed by atoms with Crippen molar-refractivity contribution < 1.29 is 106 Å². The number of primary amides is 3. The van der Waals surface area contributed by atoms with E-state index in [1.807, 2.05) is 20.8 Å². The van der Waals surface area contributed by atoms with Crippen LogP contribution in [0, 0.1) is 10.8 Å². The van der Waals surface area contributed by atoms with Gasteiger partial charge < -0.3 is 138 Å². The minimum atomic E-state index is -2.11. The van der Waals surface area contributed by atoms with Crippen LogP contribution >= 0.6 is 11.8 Å². The van der Waals surface area contributed by atoms with E-state index >= 15 is 43.2 Å². The number of rotatable bonds is 31. The number of hydrogen-bond acceptors (Lipinski definition) is 25. The number of fused-ring (bicyclic) bond motifs is 2. The van der Waals surface area contributed by atoms with Crippen LogP contribution in [0.15, 0.2) is 140 Å². The number of carbonyl (C=O) groups excluding carboxylic acids is 18. The highest BCUT2D eigenvalue weighted by Crippen LogP contribution is 2.27. The fourth-order valence-electron chi connectivity index (χ4n) is 15.7. The van der Waals surface area contributed by atoms with Crippen LogP contribution in [0.25, 0.3) is 0 Å². The number of likely N-dealkylation sites (N-methyl/N-ethyl adjacent to an activating group) is 3. The number of aliphatic hydroxyl groups excluding tert-OH is 1. The number of thioether (sulfide) groups is 1. The van der Waals surface area contributed by atoms with Crippen molar-refractivity contribution in [1.29, 1.82) is 10.8 Å². The van der Waals surface area contributed by atoms with Crippen LogP contribution in [-0.2, 0) is 130 Å². The number of phenolic OH excluding ortho intramolecular Hbond substituents is 1. The van der Waals surface area contributed by atoms with Crippen molar-refractivity contribution in [2.75, 3.05) is 72.0 Å². The Morgan fingerprint density at radius 2 is 0.846 bits per heavy atom. The van der Waals surface area contributed by atoms with Crippen molar-refractivity contribution in [3.63, 3.8) is 0 Å². The summed E-state index contributed by atoms with van der Waals surface area (Å²) in [5.74, 6) is -23.9. The first-order valence-corrected chi connectivity index (χ1v) is 47.4. The number of carboxylic acids is 1. The van der Waals surface area contributed by atoms with E-state index in [4.69, 9.17) is 39.5 Å². The summed E-state index contributed by atoms with van der Waals surface area (Å²) in [6.45, 7) is 2.53. The van der Waals surface area contributed by atoms with Crippen molar-refractivity contribution >= 4 is 136 Å². The van der Waals surface area contributed by atoms with E-state index in [1.165, 1.54) is 31.3 Å². The highest BCUT2D eigenvalue weighted by molar-refractivity contribution is 8.00. The molecule has 143 heavy (non-hydrogen) atoms. The van der Waals surface area contributed by atoms with Crippen LogP contribution in [0.4, 0.5) is 0 Å². The first-order valence-electron chi connectivity index (χ1n) is 46.3. The van der Waals surface area contributed by atoms with E-state index in [1.54, 1.807) is 115 Å². The molecule has 2 heterocycles. The average molecular weight is 2010 g/mol. The number of nitrogens with zero attached hydrogens (tertiary/aromatic N) is 4. The topological polar surface area (TPSA) is 744 Å². The molecule has 1 saturated heterocycles. The SMILES string of the molecule is CN1CC(=O)N[C@@H](CCCNC(=N)N)C(=O)N[C@@H](CC(=O)O)C(=O)N2Cc3ccccc3C[C@H]2C(=O)N[C@@H](CC(N)=O)C(=O)N(C)[C@@H](Cc2ccccc2)C(=O)N[C@H](C(=O)NCC(N)=O)CSCC(=O)N[C@@H](Cc2ccccc2)C(=O)N[C@@H](CCCNC(=N)N)C(=O)N(C)[C@@H](Cc2ccccc2)C(=O)N[C@@H](CO)C(=O)N[C@@H](CCCCNC(C)(C)C)C(=O)NC(CC(N)=O)C(=O)N[C@@H](Cc2ccc(O)cc2)C1=O. The predicted molar refractivity (Wildman–Crippen MR) is 523 cm³/mol. The number of aliphatic carboxylic acids is 1. The number of nitrogens with two attached hydrogens (primary N) is 5. The van der Waals surface area contributed by atoms with Crippen molar-refractivity contribution in [3.05, 3.63) is 173 Å². The second kappa shape index (κ2) is 56.8. The van der Waals surface area contributed by atoms with Gasteiger partial charge in [0.15, 0.2) is 11.9 Å². The summed E-state index contributed by atoms with van der Waals surface area (Å²) in [5.41, 5.74) is 30.3. The van der Waals surface area contributed by atoms with Gasteiger partial charge in [0.1, 0.15) is 84.3 Å². The van der Waals surface area contributed by atoms with E-state index in [9.17, 15) is 63.3 Å². The van der Waals surface area contributed by atoms with E-state index in [0.717, 1.165) is 45.5 Å². The van der Waals surface area contributed by atoms with Crippen LogP contribution in [0.1, 0.15) is 118 Å². The molecule has 774 valence electrons. The van der Waals surface area contributed by atoms with Crippen molar-refractivity contribution in [2.45, 2.75) is 208 Å². The lowest BCUT2D eigenvalue weighted by Gasteiger charge is -2.39. The normalized spacial score (nSPS) is 22.2. The quantitative estimate of drug-likeness (QED) is 0.0112. The average Bonchev–Trinajstić information content (AvgIpc) is 0.782. The molecule has 2 aliphatic rings. The maximum absolute atomic E-state index is 15.5. The van der Waals surface area contributed by atoms with Crippen molar-refractivity contribution in [1.82, 2.24) is 94.0 Å². The highest BCUT2D eigenvalue weighted by Gasteiger charge is 2.45. The number of unbranched alkanes of at least 4 members (excludes halogenated alkanes) is 1. The number of amides is 18. The number of carbonyl (C=O) groups is 19. The maximum Gasteiger partial charge on any atom is 0.305 e. The zero-order valence-corrected chi connectivity index (χ0v) is 81.3. The van der Waals surface area contributed by atoms with Gasteiger partial charge >= 0.3 is 5.97 Å². The second-order valence-corrected chi connectivity index (χ2v) is 36.7. The lowest BCUT2D eigenvalue weighted by molar-refractivity contribution is -0.149. The lowest BCUT2D eigenvalue weighted by atomic mass is 9.92. The first-order chi connectivity index (χ1) is 67.8. The summed E-state index contributed by atoms with van der Waals surface area (Å²) in [7, 11) is 3.46. The number of benzene rings is 5. The number of nitrogens with one attached hydrogen (secondary N) is 16. The van der Waals surface area contributed by atoms with Gasteiger partial charge in [-0.25, -0.2) is 0 Å². The number of carboxylic acid groups (broad SMARTS) is 1. The Balaban J connectivity index is 1.36. The van der Waals surface area contributed by atoms with Crippen LogP contribution in [-0.4, -0.2) is 315 Å². The monoisotopic (exact) mass is 2010 g/mol. The van der Waals surface area contributed by atoms with E-state index in [2.05, 4.69) is 74.4 Å². The molecule has 5 aromatic rings. The summed E-state index contributed by atoms with van der Waals surface area (Å²) in [4.78, 5) is 281. The van der Waals surface area contributed by atoms with Gasteiger partial charge in [0.05, 0.1) is 44.7 Å². The molecule has 48 heteroatoms. The number of aromatic hydroxyl groups is 1. The molecule has 0 bridgehead atoms. The van der Waals surface area contributed by atoms with Crippen molar-refractivity contribution in [2.24, 2.45) is 28.7 Å². The molecule has 0 spiro atoms. The predicted octanol–water partition coefficient (Wildman–Crippen LogP) is -5.77. The summed E-state index contributed by atoms with van der Waals surface area (Å²) in [6.07, 6.45) is -5.33. The Morgan fingerprint density at radius 1 is 0.420 bits per heavy atom. The first kappa shape index (κ1) is 115. The van der Waals surface area contributed by atoms with Crippen molar-refractivity contribution in [3.8, 4) is 5.75 Å². The highest BCUT2D eigenvalue weighted by atomic mass is 32.2. The molecule has 47 nitrogen and oxygen atoms in total. The molecule has 5 aromatic carbocycles. The zero-order valence-electron chi connectivity index (χ0n) is 80.4. The number of aliphatic hydroxyl groups is 1. The Labute approximate surface area is 830 Å². The number of phenols is 1. The summed E-state index contributed by atoms with van der Waals surface area (Å²) in [5, 5.41) is 83.8. The molecule has 13 atom stereocenters. The van der Waals surface area contributed by atoms with Gasteiger partial charge in [-0.15, -0.1) is 11.8 Å². The molecule has 7 rings (SSSR count). The zero-order chi connectivity index (χ0) is 105. The molecule has 2 aliphatic heterocycles. The van der Waals surface area contributed by atoms with Gasteiger partial charge in [0, 0.05) is 84.2 Å². The number of guanidine groups is 2. The van der Waals surface area contributed by atoms with Gasteiger partial charge in [0.25, 0.3) is 0 Å². The summed E-state index contributed by atoms with van der Waals surface area (Å²) < 4.78 is 0. The Hall–Kier alpha value is -15.4. The summed E-state index contributed by atoms with van der Waals surface area (Å²) in [6, 6.07) is 12.9. The Morgan fingerprint density at radius 3 is 1.38 bits per heavy atom. The third-order valence-electron chi connectivity index (χ3n) is 23.2. The Kier molecular flexibility index (Phi) is 45.5. The molecule has 0 radical (unpaired) electrons. The molecule has 1 fully saturated rings. The molecule has 18 amide bonds. The molecule has 1 unspecified atom stereocenters. The molecule has 0 saturated carbocycles. The van der Waals surface area contributed by atoms with Crippen LogP contribution in [0.5, 0.6) is 5.75 Å². The minimum Gasteiger partial charge on any atom is -0.508 e. The van der Waals surface area contributed by atoms with E-state index in [-0.39, 0.29) is 94.1 Å². The molecule has 0 aliphatic carbocycles. The fraction of sp³-hybridized carbons (Fsp3) is 0.463. The standard InChI is InChI=1S/C95H131N25O22S/c1-95(2,3)106-39-19-18-30-62-82(132)111-65(45-74(96)123)84(134)112-66(41-57-33-35-60(122)36-34-57)89(139)117(4)50-77(126)107-61(31-20-37-103-93(99)100)81(131)113-68(47-79(128)129)92(142)120-49-59-29-17-16-28-58(59)44-73(120)88(138)114-67(46-75(97)124)91(141)119(6)72(43-56-26-14-9-15-27-56)87(137)116-70(80(130)105-48-76(98)125)52-143-53-78(127)108-64(40-54-22-10-7-11-23-54)83(133)110-63(32-21-38-104-94(101)102)90(140)118(5)71(42-55-24-12-8-13-25-55)86(136)115-69(51-121)85(135)109-62/h7-17,22-29,33-36,61-73,106,121-122H,18-21,30-32,37-53H2,1-6H3,(H2,96,123)(H2,97,124)(H2,98,125)(H,105,130)(H,107,126)(H,108,127)(H,109,135)(H,110,133)(H,111,132)(H,112,134)(H,113,131)(H,114,138)(H,115,136)(H,116,137)(H,128,129)(H4,99,100,103)(H4,101,102,104)/t61-,62-,63-,64-,65?,66-,67-,68-,69-,70-,71-,72-,73-/m0/s1. The van der Waals surface area contributed by atoms with Crippen LogP contribution < -0.4 is 103 Å². The number of hydrogen-bond donors (Lipinski definition) is 24. The van der Waals surface area contributed by atoms with Crippen LogP contribution in [0.2, 0.25) is 0 Å². The largest absolute Gasteiger partial charge is 0.508 e. The van der Waals surface area contributed by atoms with E-state index < -0.39 is 266 Å². The Bertz CT molecular complexity index is 5320. The molecular weight excluding hydrogens is 1880 g/mol. The molecular formula is C95H131N25O22S. The maximum atomic E-state index is 15.5. The summed E-state index contributed by atoms with van der Waals surface area (Å²) >= 11 is 0.724. The van der Waals surface area contributed by atoms with E-state index in [0.29, 0.717) is 40.8 Å².